The second kappa shape index (κ2) is 7.35. The lowest BCUT2D eigenvalue weighted by atomic mass is 10.2. The standard InChI is InChI=1S/C16H18N4O3/c1-12(2)11-19-15(9-10-17-19)18-16(21)8-5-13-3-6-14(7-4-13)20(22)23/h3-10,12H,11H2,1-2H3,(H,18,21)/b8-5+. The number of nitrogens with one attached hydrogen (secondary N) is 1. The molecule has 120 valence electrons. The van der Waals surface area contributed by atoms with Crippen LogP contribution in [0.25, 0.3) is 6.08 Å². The van der Waals surface area contributed by atoms with Crippen molar-refractivity contribution >= 4 is 23.5 Å². The van der Waals surface area contributed by atoms with Gasteiger partial charge < -0.3 is 5.32 Å². The second-order valence-electron chi connectivity index (χ2n) is 5.46. The van der Waals surface area contributed by atoms with Crippen molar-refractivity contribution in [2.75, 3.05) is 5.32 Å². The lowest BCUT2D eigenvalue weighted by Gasteiger charge is -2.09. The quantitative estimate of drug-likeness (QED) is 0.504. The first-order chi connectivity index (χ1) is 11.0. The molecule has 0 spiro atoms. The van der Waals surface area contributed by atoms with Crippen LogP contribution in [0.5, 0.6) is 0 Å². The molecule has 0 bridgehead atoms. The number of nitro groups is 1. The molecule has 1 heterocycles. The SMILES string of the molecule is CC(C)Cn1nccc1NC(=O)/C=C/c1ccc([N+](=O)[O-])cc1. The maximum atomic E-state index is 11.9. The highest BCUT2D eigenvalue weighted by Gasteiger charge is 2.07. The molecular formula is C16H18N4O3. The molecule has 23 heavy (non-hydrogen) atoms. The maximum Gasteiger partial charge on any atom is 0.269 e. The van der Waals surface area contributed by atoms with Crippen LogP contribution in [0, 0.1) is 16.0 Å². The van der Waals surface area contributed by atoms with E-state index in [1.54, 1.807) is 35.2 Å². The zero-order chi connectivity index (χ0) is 16.8. The molecule has 0 unspecified atom stereocenters. The third-order valence-corrected chi connectivity index (χ3v) is 3.04. The van der Waals surface area contributed by atoms with E-state index in [4.69, 9.17) is 0 Å². The molecule has 2 aromatic rings. The first-order valence-electron chi connectivity index (χ1n) is 7.21. The van der Waals surface area contributed by atoms with Gasteiger partial charge in [0.15, 0.2) is 0 Å². The van der Waals surface area contributed by atoms with Gasteiger partial charge in [0, 0.05) is 30.8 Å². The average molecular weight is 314 g/mol. The Hall–Kier alpha value is -2.96. The molecule has 0 radical (unpaired) electrons. The molecule has 0 aliphatic heterocycles. The Bertz CT molecular complexity index is 717. The van der Waals surface area contributed by atoms with Gasteiger partial charge in [0.1, 0.15) is 5.82 Å². The monoisotopic (exact) mass is 314 g/mol. The molecule has 0 saturated heterocycles. The van der Waals surface area contributed by atoms with Crippen molar-refractivity contribution in [2.45, 2.75) is 20.4 Å². The van der Waals surface area contributed by atoms with Gasteiger partial charge in [0.05, 0.1) is 11.1 Å². The van der Waals surface area contributed by atoms with Gasteiger partial charge in [-0.2, -0.15) is 5.10 Å². The molecule has 1 N–H and O–H groups in total. The molecule has 1 aromatic heterocycles. The van der Waals surface area contributed by atoms with Crippen molar-refractivity contribution in [1.82, 2.24) is 9.78 Å². The summed E-state index contributed by atoms with van der Waals surface area (Å²) in [6.45, 7) is 4.86. The number of benzene rings is 1. The Kier molecular flexibility index (Phi) is 5.24. The summed E-state index contributed by atoms with van der Waals surface area (Å²) in [6, 6.07) is 7.71. The number of amides is 1. The van der Waals surface area contributed by atoms with E-state index in [1.807, 2.05) is 0 Å². The van der Waals surface area contributed by atoms with Crippen molar-refractivity contribution in [3.63, 3.8) is 0 Å². The zero-order valence-electron chi connectivity index (χ0n) is 13.0. The summed E-state index contributed by atoms with van der Waals surface area (Å²) in [5.41, 5.74) is 0.727. The van der Waals surface area contributed by atoms with Crippen molar-refractivity contribution in [2.24, 2.45) is 5.92 Å². The highest BCUT2D eigenvalue weighted by Crippen LogP contribution is 2.13. The molecule has 1 aromatic carbocycles. The topological polar surface area (TPSA) is 90.1 Å². The Balaban J connectivity index is 1.99. The fourth-order valence-corrected chi connectivity index (χ4v) is 1.98. The molecule has 0 fully saturated rings. The molecule has 7 heteroatoms. The van der Waals surface area contributed by atoms with Crippen molar-refractivity contribution in [3.8, 4) is 0 Å². The molecule has 0 aliphatic rings. The van der Waals surface area contributed by atoms with E-state index in [0.29, 0.717) is 23.8 Å². The minimum Gasteiger partial charge on any atom is -0.307 e. The minimum atomic E-state index is -0.462. The summed E-state index contributed by atoms with van der Waals surface area (Å²) < 4.78 is 1.74. The van der Waals surface area contributed by atoms with Gasteiger partial charge in [-0.05, 0) is 29.7 Å². The summed E-state index contributed by atoms with van der Waals surface area (Å²) in [7, 11) is 0. The van der Waals surface area contributed by atoms with Crippen molar-refractivity contribution < 1.29 is 9.72 Å². The highest BCUT2D eigenvalue weighted by atomic mass is 16.6. The normalized spacial score (nSPS) is 11.1. The Labute approximate surface area is 133 Å². The lowest BCUT2D eigenvalue weighted by Crippen LogP contribution is -2.15. The lowest BCUT2D eigenvalue weighted by molar-refractivity contribution is -0.384. The molecule has 0 saturated carbocycles. The molecule has 7 nitrogen and oxygen atoms in total. The fraction of sp³-hybridized carbons (Fsp3) is 0.250. The number of non-ortho nitro benzene ring substituents is 1. The van der Waals surface area contributed by atoms with Crippen molar-refractivity contribution in [3.05, 3.63) is 58.3 Å². The number of hydrogen-bond donors (Lipinski definition) is 1. The number of carbonyl (C=O) groups is 1. The van der Waals surface area contributed by atoms with E-state index in [-0.39, 0.29) is 11.6 Å². The Morgan fingerprint density at radius 3 is 2.65 bits per heavy atom. The number of nitro benzene ring substituents is 1. The van der Waals surface area contributed by atoms with Crippen molar-refractivity contribution in [1.29, 1.82) is 0 Å². The largest absolute Gasteiger partial charge is 0.307 e. The zero-order valence-corrected chi connectivity index (χ0v) is 13.0. The molecule has 2 rings (SSSR count). The van der Waals surface area contributed by atoms with Crippen LogP contribution in [0.2, 0.25) is 0 Å². The number of rotatable bonds is 6. The molecule has 1 amide bonds. The number of hydrogen-bond acceptors (Lipinski definition) is 4. The van der Waals surface area contributed by atoms with Gasteiger partial charge in [0.25, 0.3) is 5.69 Å². The van der Waals surface area contributed by atoms with Crippen LogP contribution in [-0.2, 0) is 11.3 Å². The van der Waals surface area contributed by atoms with Gasteiger partial charge in [0.2, 0.25) is 5.91 Å². The summed E-state index contributed by atoms with van der Waals surface area (Å²) in [5.74, 6) is 0.770. The second-order valence-corrected chi connectivity index (χ2v) is 5.46. The average Bonchev–Trinajstić information content (AvgIpc) is 2.91. The Morgan fingerprint density at radius 1 is 1.35 bits per heavy atom. The van der Waals surface area contributed by atoms with E-state index < -0.39 is 4.92 Å². The van der Waals surface area contributed by atoms with E-state index in [9.17, 15) is 14.9 Å². The van der Waals surface area contributed by atoms with Gasteiger partial charge in [-0.1, -0.05) is 13.8 Å². The van der Waals surface area contributed by atoms with E-state index >= 15 is 0 Å². The van der Waals surface area contributed by atoms with E-state index in [1.165, 1.54) is 18.2 Å². The van der Waals surface area contributed by atoms with Crippen LogP contribution in [0.4, 0.5) is 11.5 Å². The smallest absolute Gasteiger partial charge is 0.269 e. The van der Waals surface area contributed by atoms with Gasteiger partial charge >= 0.3 is 0 Å². The molecule has 0 atom stereocenters. The summed E-state index contributed by atoms with van der Waals surface area (Å²) in [6.07, 6.45) is 4.62. The number of nitrogens with zero attached hydrogens (tertiary/aromatic N) is 3. The third-order valence-electron chi connectivity index (χ3n) is 3.04. The number of carbonyl (C=O) groups excluding carboxylic acids is 1. The maximum absolute atomic E-state index is 11.9. The molecular weight excluding hydrogens is 296 g/mol. The fourth-order valence-electron chi connectivity index (χ4n) is 1.98. The summed E-state index contributed by atoms with van der Waals surface area (Å²) in [4.78, 5) is 22.1. The van der Waals surface area contributed by atoms with Crippen LogP contribution < -0.4 is 5.32 Å². The Morgan fingerprint density at radius 2 is 2.04 bits per heavy atom. The first kappa shape index (κ1) is 16.4. The minimum absolute atomic E-state index is 0.0178. The summed E-state index contributed by atoms with van der Waals surface area (Å²) in [5, 5.41) is 17.5. The van der Waals surface area contributed by atoms with Gasteiger partial charge in [-0.25, -0.2) is 4.68 Å². The van der Waals surface area contributed by atoms with Crippen LogP contribution in [-0.4, -0.2) is 20.6 Å². The van der Waals surface area contributed by atoms with Crippen LogP contribution in [0.15, 0.2) is 42.6 Å². The molecule has 0 aliphatic carbocycles. The van der Waals surface area contributed by atoms with Gasteiger partial charge in [-0.3, -0.25) is 14.9 Å². The highest BCUT2D eigenvalue weighted by molar-refractivity contribution is 6.01. The first-order valence-corrected chi connectivity index (χ1v) is 7.21. The predicted molar refractivity (Wildman–Crippen MR) is 87.8 cm³/mol. The summed E-state index contributed by atoms with van der Waals surface area (Å²) >= 11 is 0. The number of aromatic nitrogens is 2. The van der Waals surface area contributed by atoms with Crippen LogP contribution in [0.1, 0.15) is 19.4 Å². The van der Waals surface area contributed by atoms with Crippen LogP contribution in [0.3, 0.4) is 0 Å². The third kappa shape index (κ3) is 4.77. The van der Waals surface area contributed by atoms with Gasteiger partial charge in [-0.15, -0.1) is 0 Å². The predicted octanol–water partition coefficient (Wildman–Crippen LogP) is 3.10. The van der Waals surface area contributed by atoms with E-state index in [0.717, 1.165) is 0 Å². The van der Waals surface area contributed by atoms with E-state index in [2.05, 4.69) is 24.3 Å². The van der Waals surface area contributed by atoms with Crippen LogP contribution >= 0.6 is 0 Å². The number of anilines is 1.